The van der Waals surface area contributed by atoms with Crippen molar-refractivity contribution in [3.8, 4) is 5.75 Å². The Morgan fingerprint density at radius 2 is 2.12 bits per heavy atom. The summed E-state index contributed by atoms with van der Waals surface area (Å²) >= 11 is 1.71. The van der Waals surface area contributed by atoms with Crippen LogP contribution in [0.5, 0.6) is 5.75 Å². The highest BCUT2D eigenvalue weighted by Crippen LogP contribution is 2.27. The van der Waals surface area contributed by atoms with Crippen molar-refractivity contribution < 1.29 is 4.74 Å². The van der Waals surface area contributed by atoms with E-state index >= 15 is 0 Å². The molecule has 0 saturated carbocycles. The average molecular weight is 472 g/mol. The number of benzene rings is 1. The van der Waals surface area contributed by atoms with Crippen LogP contribution in [-0.4, -0.2) is 30.1 Å². The Morgan fingerprint density at radius 1 is 1.32 bits per heavy atom. The monoisotopic (exact) mass is 472 g/mol. The molecule has 1 aromatic heterocycles. The molecule has 5 nitrogen and oxygen atoms in total. The normalized spacial score (nSPS) is 16.0. The van der Waals surface area contributed by atoms with Crippen molar-refractivity contribution in [2.24, 2.45) is 4.99 Å². The number of nitrogens with one attached hydrogen (secondary N) is 2. The van der Waals surface area contributed by atoms with Crippen molar-refractivity contribution >= 4 is 41.3 Å². The lowest BCUT2D eigenvalue weighted by atomic mass is 10.1. The Hall–Kier alpha value is -1.35. The molecule has 1 unspecified atom stereocenters. The number of nitrogens with zero attached hydrogens (tertiary/aromatic N) is 2. The molecule has 0 bridgehead atoms. The molecule has 2 heterocycles. The van der Waals surface area contributed by atoms with E-state index in [2.05, 4.69) is 46.6 Å². The van der Waals surface area contributed by atoms with E-state index in [9.17, 15) is 0 Å². The Bertz CT molecular complexity index is 687. The van der Waals surface area contributed by atoms with Crippen LogP contribution in [0.3, 0.4) is 0 Å². The first-order valence-electron chi connectivity index (χ1n) is 8.35. The summed E-state index contributed by atoms with van der Waals surface area (Å²) in [4.78, 5) is 10.4. The summed E-state index contributed by atoms with van der Waals surface area (Å²) in [6.07, 6.45) is 1.09. The first-order chi connectivity index (χ1) is 11.7. The molecule has 1 aromatic carbocycles. The average Bonchev–Trinajstić information content (AvgIpc) is 3.13. The topological polar surface area (TPSA) is 58.5 Å². The molecule has 2 N–H and O–H groups in total. The summed E-state index contributed by atoms with van der Waals surface area (Å²) in [6.45, 7) is 8.36. The Morgan fingerprint density at radius 3 is 2.80 bits per heavy atom. The van der Waals surface area contributed by atoms with E-state index in [0.29, 0.717) is 6.54 Å². The van der Waals surface area contributed by atoms with Crippen molar-refractivity contribution in [1.29, 1.82) is 0 Å². The van der Waals surface area contributed by atoms with Crippen LogP contribution in [0, 0.1) is 13.8 Å². The van der Waals surface area contributed by atoms with Crippen LogP contribution >= 0.6 is 35.3 Å². The van der Waals surface area contributed by atoms with Gasteiger partial charge in [0.25, 0.3) is 0 Å². The lowest BCUT2D eigenvalue weighted by Crippen LogP contribution is -2.42. The second-order valence-electron chi connectivity index (χ2n) is 5.88. The number of fused-ring (bicyclic) bond motifs is 1. The van der Waals surface area contributed by atoms with Gasteiger partial charge < -0.3 is 15.4 Å². The maximum absolute atomic E-state index is 5.96. The molecule has 2 aromatic rings. The van der Waals surface area contributed by atoms with Crippen LogP contribution < -0.4 is 15.4 Å². The predicted molar refractivity (Wildman–Crippen MR) is 114 cm³/mol. The van der Waals surface area contributed by atoms with Gasteiger partial charge in [0.05, 0.1) is 18.8 Å². The molecule has 1 atom stereocenters. The molecule has 25 heavy (non-hydrogen) atoms. The van der Waals surface area contributed by atoms with Gasteiger partial charge in [-0.2, -0.15) is 0 Å². The number of halogens is 1. The minimum atomic E-state index is 0. The lowest BCUT2D eigenvalue weighted by Gasteiger charge is -2.15. The smallest absolute Gasteiger partial charge is 0.191 e. The van der Waals surface area contributed by atoms with Gasteiger partial charge in [0.1, 0.15) is 16.9 Å². The molecule has 3 rings (SSSR count). The largest absolute Gasteiger partial charge is 0.488 e. The highest BCUT2D eigenvalue weighted by Gasteiger charge is 2.22. The number of rotatable bonds is 5. The van der Waals surface area contributed by atoms with Crippen molar-refractivity contribution in [3.05, 3.63) is 45.4 Å². The zero-order valence-corrected chi connectivity index (χ0v) is 18.0. The van der Waals surface area contributed by atoms with Crippen LogP contribution in [0.15, 0.2) is 29.3 Å². The van der Waals surface area contributed by atoms with Gasteiger partial charge in [0.2, 0.25) is 0 Å². The van der Waals surface area contributed by atoms with E-state index in [-0.39, 0.29) is 30.1 Å². The third-order valence-electron chi connectivity index (χ3n) is 4.00. The number of aromatic nitrogens is 1. The van der Waals surface area contributed by atoms with Gasteiger partial charge in [-0.05, 0) is 32.4 Å². The number of hydrogen-bond acceptors (Lipinski definition) is 4. The minimum absolute atomic E-state index is 0. The number of aliphatic imine (C=N–C) groups is 1. The third kappa shape index (κ3) is 5.31. The summed E-state index contributed by atoms with van der Waals surface area (Å²) in [5.74, 6) is 1.81. The molecule has 0 amide bonds. The molecule has 0 fully saturated rings. The maximum atomic E-state index is 5.96. The van der Waals surface area contributed by atoms with Gasteiger partial charge in [-0.3, -0.25) is 0 Å². The van der Waals surface area contributed by atoms with Gasteiger partial charge in [-0.25, -0.2) is 9.98 Å². The molecular formula is C18H25IN4OS. The lowest BCUT2D eigenvalue weighted by molar-refractivity contribution is 0.235. The summed E-state index contributed by atoms with van der Waals surface area (Å²) in [5.41, 5.74) is 2.38. The van der Waals surface area contributed by atoms with E-state index in [1.807, 2.05) is 19.1 Å². The SMILES string of the molecule is CCNC(=NCc1nc(C)c(C)s1)NCC1Cc2ccccc2O1.I. The number of guanidine groups is 1. The third-order valence-corrected chi connectivity index (χ3v) is 5.06. The summed E-state index contributed by atoms with van der Waals surface area (Å²) in [7, 11) is 0. The highest BCUT2D eigenvalue weighted by atomic mass is 127. The van der Waals surface area contributed by atoms with Crippen LogP contribution in [0.4, 0.5) is 0 Å². The van der Waals surface area contributed by atoms with E-state index in [1.165, 1.54) is 10.4 Å². The molecule has 0 radical (unpaired) electrons. The van der Waals surface area contributed by atoms with Crippen molar-refractivity contribution in [1.82, 2.24) is 15.6 Å². The van der Waals surface area contributed by atoms with Gasteiger partial charge in [-0.1, -0.05) is 18.2 Å². The zero-order chi connectivity index (χ0) is 16.9. The first kappa shape index (κ1) is 20.0. The number of para-hydroxylation sites is 1. The number of aryl methyl sites for hydroxylation is 2. The summed E-state index contributed by atoms with van der Waals surface area (Å²) in [6, 6.07) is 8.23. The van der Waals surface area contributed by atoms with E-state index in [1.54, 1.807) is 11.3 Å². The van der Waals surface area contributed by atoms with Crippen LogP contribution in [0.2, 0.25) is 0 Å². The Balaban J connectivity index is 0.00000225. The number of ether oxygens (including phenoxy) is 1. The molecular weight excluding hydrogens is 447 g/mol. The number of thiazole rings is 1. The summed E-state index contributed by atoms with van der Waals surface area (Å²) in [5, 5.41) is 7.71. The van der Waals surface area contributed by atoms with Crippen LogP contribution in [0.25, 0.3) is 0 Å². The van der Waals surface area contributed by atoms with Gasteiger partial charge in [0, 0.05) is 17.8 Å². The van der Waals surface area contributed by atoms with Crippen LogP contribution in [0.1, 0.15) is 28.1 Å². The van der Waals surface area contributed by atoms with Crippen LogP contribution in [-0.2, 0) is 13.0 Å². The standard InChI is InChI=1S/C18H24N4OS.HI/c1-4-19-18(21-11-17-22-12(2)13(3)24-17)20-10-15-9-14-7-5-6-8-16(14)23-15;/h5-8,15H,4,9-11H2,1-3H3,(H2,19,20,21);1H. The molecule has 136 valence electrons. The van der Waals surface area contributed by atoms with Gasteiger partial charge in [-0.15, -0.1) is 35.3 Å². The number of hydrogen-bond donors (Lipinski definition) is 2. The van der Waals surface area contributed by atoms with E-state index in [4.69, 9.17) is 4.74 Å². The second-order valence-corrected chi connectivity index (χ2v) is 7.16. The molecule has 7 heteroatoms. The fourth-order valence-corrected chi connectivity index (χ4v) is 3.53. The fraction of sp³-hybridized carbons (Fsp3) is 0.444. The first-order valence-corrected chi connectivity index (χ1v) is 9.17. The van der Waals surface area contributed by atoms with Crippen molar-refractivity contribution in [2.45, 2.75) is 39.8 Å². The quantitative estimate of drug-likeness (QED) is 0.398. The van der Waals surface area contributed by atoms with Gasteiger partial charge >= 0.3 is 0 Å². The molecule has 0 aliphatic carbocycles. The molecule has 1 aliphatic rings. The Labute approximate surface area is 170 Å². The molecule has 1 aliphatic heterocycles. The summed E-state index contributed by atoms with van der Waals surface area (Å²) < 4.78 is 5.96. The molecule has 0 saturated heterocycles. The molecule has 0 spiro atoms. The maximum Gasteiger partial charge on any atom is 0.191 e. The second kappa shape index (κ2) is 9.38. The highest BCUT2D eigenvalue weighted by molar-refractivity contribution is 14.0. The van der Waals surface area contributed by atoms with Crippen molar-refractivity contribution in [2.75, 3.05) is 13.1 Å². The predicted octanol–water partition coefficient (Wildman–Crippen LogP) is 3.44. The van der Waals surface area contributed by atoms with E-state index in [0.717, 1.165) is 41.9 Å². The Kier molecular flexibility index (Phi) is 7.49. The van der Waals surface area contributed by atoms with Gasteiger partial charge in [0.15, 0.2) is 5.96 Å². The van der Waals surface area contributed by atoms with Crippen molar-refractivity contribution in [3.63, 3.8) is 0 Å². The zero-order valence-electron chi connectivity index (χ0n) is 14.8. The fourth-order valence-electron chi connectivity index (χ4n) is 2.67. The van der Waals surface area contributed by atoms with E-state index < -0.39 is 0 Å². The minimum Gasteiger partial charge on any atom is -0.488 e.